The van der Waals surface area contributed by atoms with Crippen LogP contribution >= 0.6 is 11.6 Å². The largest absolute Gasteiger partial charge is 0.493 e. The van der Waals surface area contributed by atoms with Crippen molar-refractivity contribution in [2.75, 3.05) is 26.6 Å². The molecule has 0 fully saturated rings. The minimum absolute atomic E-state index is 0.0416. The Hall–Kier alpha value is -3.50. The fraction of sp³-hybridized carbons (Fsp3) is 0.211. The van der Waals surface area contributed by atoms with Crippen LogP contribution in [0.15, 0.2) is 36.8 Å². The molecule has 4 aromatic rings. The molecule has 2 N–H and O–H groups in total. The lowest BCUT2D eigenvalue weighted by Crippen LogP contribution is -2.04. The van der Waals surface area contributed by atoms with Gasteiger partial charge in [-0.1, -0.05) is 0 Å². The molecule has 4 rings (SSSR count). The second-order valence-electron chi connectivity index (χ2n) is 6.18. The van der Waals surface area contributed by atoms with Crippen molar-refractivity contribution in [1.29, 1.82) is 0 Å². The third-order valence-corrected chi connectivity index (χ3v) is 4.66. The van der Waals surface area contributed by atoms with E-state index in [1.807, 2.05) is 12.1 Å². The van der Waals surface area contributed by atoms with Crippen LogP contribution in [0.3, 0.4) is 0 Å². The van der Waals surface area contributed by atoms with Gasteiger partial charge >= 0.3 is 0 Å². The number of imidazole rings is 1. The average Bonchev–Trinajstić information content (AvgIpc) is 3.39. The Kier molecular flexibility index (Phi) is 5.34. The number of nitrogens with zero attached hydrogens (tertiary/aromatic N) is 5. The number of hydrogen-bond acceptors (Lipinski definition) is 8. The molecule has 10 nitrogen and oxygen atoms in total. The maximum atomic E-state index is 9.46. The SMILES string of the molecule is COc1cc(-n2cnc(Nc3nc(Cl)nn4c(CO)ccc34)c2)cc(OC)c1OC. The zero-order valence-corrected chi connectivity index (χ0v) is 17.2. The molecule has 0 radical (unpaired) electrons. The molecule has 0 bridgehead atoms. The van der Waals surface area contributed by atoms with E-state index in [0.717, 1.165) is 5.69 Å². The normalized spacial score (nSPS) is 11.0. The minimum Gasteiger partial charge on any atom is -0.493 e. The molecule has 156 valence electrons. The van der Waals surface area contributed by atoms with Crippen LogP contribution in [0.1, 0.15) is 5.69 Å². The van der Waals surface area contributed by atoms with Crippen LogP contribution in [0.25, 0.3) is 11.2 Å². The summed E-state index contributed by atoms with van der Waals surface area (Å²) in [4.78, 5) is 8.62. The Morgan fingerprint density at radius 2 is 1.83 bits per heavy atom. The molecule has 0 unspecified atom stereocenters. The molecule has 0 aliphatic heterocycles. The molecule has 0 saturated carbocycles. The van der Waals surface area contributed by atoms with Crippen molar-refractivity contribution in [1.82, 2.24) is 24.1 Å². The predicted molar refractivity (Wildman–Crippen MR) is 110 cm³/mol. The van der Waals surface area contributed by atoms with Gasteiger partial charge in [0.15, 0.2) is 17.3 Å². The first-order chi connectivity index (χ1) is 14.6. The number of halogens is 1. The van der Waals surface area contributed by atoms with Gasteiger partial charge in [0.05, 0.1) is 45.5 Å². The molecule has 0 amide bonds. The lowest BCUT2D eigenvalue weighted by atomic mass is 10.2. The monoisotopic (exact) mass is 430 g/mol. The van der Waals surface area contributed by atoms with Crippen LogP contribution in [-0.2, 0) is 6.61 Å². The lowest BCUT2D eigenvalue weighted by Gasteiger charge is -2.14. The molecular weight excluding hydrogens is 412 g/mol. The average molecular weight is 431 g/mol. The molecular formula is C19H19ClN6O4. The maximum absolute atomic E-state index is 9.46. The van der Waals surface area contributed by atoms with E-state index in [9.17, 15) is 5.11 Å². The zero-order valence-electron chi connectivity index (χ0n) is 16.5. The lowest BCUT2D eigenvalue weighted by molar-refractivity contribution is 0.274. The molecule has 0 aliphatic carbocycles. The first kappa shape index (κ1) is 19.8. The molecule has 0 aliphatic rings. The Bertz CT molecular complexity index is 1180. The molecule has 0 spiro atoms. The Labute approximate surface area is 176 Å². The number of aromatic nitrogens is 5. The van der Waals surface area contributed by atoms with Crippen molar-refractivity contribution in [2.45, 2.75) is 6.61 Å². The van der Waals surface area contributed by atoms with Gasteiger partial charge in [-0.3, -0.25) is 0 Å². The Morgan fingerprint density at radius 3 is 2.47 bits per heavy atom. The summed E-state index contributed by atoms with van der Waals surface area (Å²) in [6.45, 7) is -0.170. The molecule has 3 aromatic heterocycles. The summed E-state index contributed by atoms with van der Waals surface area (Å²) < 4.78 is 19.5. The number of methoxy groups -OCH3 is 3. The fourth-order valence-electron chi connectivity index (χ4n) is 3.10. The van der Waals surface area contributed by atoms with Crippen LogP contribution in [0.2, 0.25) is 5.28 Å². The third kappa shape index (κ3) is 3.46. The van der Waals surface area contributed by atoms with Gasteiger partial charge in [-0.25, -0.2) is 9.50 Å². The molecule has 1 aromatic carbocycles. The summed E-state index contributed by atoms with van der Waals surface area (Å²) in [7, 11) is 4.67. The molecule has 11 heteroatoms. The van der Waals surface area contributed by atoms with Gasteiger partial charge in [0.1, 0.15) is 17.7 Å². The third-order valence-electron chi connectivity index (χ3n) is 4.50. The van der Waals surface area contributed by atoms with Crippen LogP contribution in [0.5, 0.6) is 17.2 Å². The van der Waals surface area contributed by atoms with Gasteiger partial charge in [-0.2, -0.15) is 4.98 Å². The number of hydrogen-bond donors (Lipinski definition) is 2. The van der Waals surface area contributed by atoms with E-state index in [4.69, 9.17) is 25.8 Å². The number of aliphatic hydroxyl groups excluding tert-OH is 1. The summed E-state index contributed by atoms with van der Waals surface area (Å²) in [6.07, 6.45) is 3.42. The van der Waals surface area contributed by atoms with E-state index in [1.165, 1.54) is 4.52 Å². The number of rotatable bonds is 7. The van der Waals surface area contributed by atoms with E-state index in [2.05, 4.69) is 20.4 Å². The van der Waals surface area contributed by atoms with Gasteiger partial charge in [0.2, 0.25) is 11.0 Å². The summed E-state index contributed by atoms with van der Waals surface area (Å²) in [6, 6.07) is 7.17. The number of aliphatic hydroxyl groups is 1. The van der Waals surface area contributed by atoms with Gasteiger partial charge in [-0.05, 0) is 23.7 Å². The van der Waals surface area contributed by atoms with Gasteiger partial charge < -0.3 is 29.2 Å². The first-order valence-electron chi connectivity index (χ1n) is 8.84. The smallest absolute Gasteiger partial charge is 0.243 e. The second-order valence-corrected chi connectivity index (χ2v) is 6.52. The topological polar surface area (TPSA) is 108 Å². The van der Waals surface area contributed by atoms with E-state index in [-0.39, 0.29) is 11.9 Å². The van der Waals surface area contributed by atoms with E-state index in [1.54, 1.807) is 50.6 Å². The maximum Gasteiger partial charge on any atom is 0.243 e. The van der Waals surface area contributed by atoms with Gasteiger partial charge in [0, 0.05) is 12.1 Å². The van der Waals surface area contributed by atoms with E-state index in [0.29, 0.717) is 40.1 Å². The number of fused-ring (bicyclic) bond motifs is 1. The van der Waals surface area contributed by atoms with Crippen LogP contribution < -0.4 is 19.5 Å². The molecule has 3 heterocycles. The van der Waals surface area contributed by atoms with Crippen molar-refractivity contribution >= 4 is 28.8 Å². The van der Waals surface area contributed by atoms with Gasteiger partial charge in [0.25, 0.3) is 0 Å². The van der Waals surface area contributed by atoms with E-state index >= 15 is 0 Å². The predicted octanol–water partition coefficient (Wildman–Crippen LogP) is 2.83. The molecule has 0 saturated heterocycles. The second kappa shape index (κ2) is 8.09. The van der Waals surface area contributed by atoms with Crippen molar-refractivity contribution in [3.8, 4) is 22.9 Å². The highest BCUT2D eigenvalue weighted by atomic mass is 35.5. The summed E-state index contributed by atoms with van der Waals surface area (Å²) in [5.74, 6) is 2.57. The van der Waals surface area contributed by atoms with Crippen LogP contribution in [0, 0.1) is 0 Å². The Balaban J connectivity index is 1.69. The zero-order chi connectivity index (χ0) is 21.3. The van der Waals surface area contributed by atoms with Crippen LogP contribution in [0.4, 0.5) is 11.6 Å². The first-order valence-corrected chi connectivity index (χ1v) is 9.22. The summed E-state index contributed by atoms with van der Waals surface area (Å²) in [5, 5.41) is 16.8. The van der Waals surface area contributed by atoms with Crippen molar-refractivity contribution < 1.29 is 19.3 Å². The standard InChI is InChI=1S/C19H19ClN6O4/c1-28-14-6-12(7-15(29-2)17(14)30-3)25-8-16(21-10-25)22-18-13-5-4-11(9-27)26(13)24-19(20)23-18/h4-8,10,27H,9H2,1-3H3,(H,22,23,24). The fourth-order valence-corrected chi connectivity index (χ4v) is 3.26. The highest BCUT2D eigenvalue weighted by Crippen LogP contribution is 2.39. The summed E-state index contributed by atoms with van der Waals surface area (Å²) in [5.41, 5.74) is 2.02. The number of nitrogens with one attached hydrogen (secondary N) is 1. The Morgan fingerprint density at radius 1 is 1.10 bits per heavy atom. The van der Waals surface area contributed by atoms with Gasteiger partial charge in [-0.15, -0.1) is 5.10 Å². The highest BCUT2D eigenvalue weighted by Gasteiger charge is 2.15. The quantitative estimate of drug-likeness (QED) is 0.461. The number of anilines is 2. The van der Waals surface area contributed by atoms with Crippen molar-refractivity contribution in [3.05, 3.63) is 47.8 Å². The van der Waals surface area contributed by atoms with Crippen molar-refractivity contribution in [2.24, 2.45) is 0 Å². The minimum atomic E-state index is -0.170. The highest BCUT2D eigenvalue weighted by molar-refractivity contribution is 6.28. The summed E-state index contributed by atoms with van der Waals surface area (Å²) >= 11 is 6.04. The molecule has 0 atom stereocenters. The number of ether oxygens (including phenoxy) is 3. The van der Waals surface area contributed by atoms with Crippen LogP contribution in [-0.4, -0.2) is 50.6 Å². The van der Waals surface area contributed by atoms with Crippen molar-refractivity contribution in [3.63, 3.8) is 0 Å². The number of benzene rings is 1. The molecule has 30 heavy (non-hydrogen) atoms. The van der Waals surface area contributed by atoms with E-state index < -0.39 is 0 Å².